The molecule has 3 nitrogen and oxygen atoms in total. The maximum absolute atomic E-state index is 12.7. The first-order chi connectivity index (χ1) is 9.32. The van der Waals surface area contributed by atoms with Gasteiger partial charge in [0.15, 0.2) is 0 Å². The quantitative estimate of drug-likeness (QED) is 0.909. The van der Waals surface area contributed by atoms with Gasteiger partial charge in [-0.1, -0.05) is 0 Å². The Bertz CT molecular complexity index is 476. The smallest absolute Gasteiger partial charge is 0.375 e. The molecule has 0 bridgehead atoms. The Morgan fingerprint density at radius 1 is 1.35 bits per heavy atom. The molecule has 6 heteroatoms. The number of alkyl halides is 3. The molecule has 1 aromatic rings. The van der Waals surface area contributed by atoms with Gasteiger partial charge in [-0.3, -0.25) is 0 Å². The normalized spacial score (nSPS) is 24.0. The van der Waals surface area contributed by atoms with Gasteiger partial charge in [0.05, 0.1) is 18.3 Å². The summed E-state index contributed by atoms with van der Waals surface area (Å²) in [6, 6.07) is 3.89. The molecular formula is C14H19F3N2O. The lowest BCUT2D eigenvalue weighted by atomic mass is 10.0. The number of morpholine rings is 1. The van der Waals surface area contributed by atoms with Gasteiger partial charge in [0.2, 0.25) is 0 Å². The highest BCUT2D eigenvalue weighted by Gasteiger charge is 2.32. The van der Waals surface area contributed by atoms with Gasteiger partial charge >= 0.3 is 6.18 Å². The first-order valence-corrected chi connectivity index (χ1v) is 6.61. The fraction of sp³-hybridized carbons (Fsp3) is 0.571. The standard InChI is InChI=1S/C14H19F3N2O/c1-9-8-20-10(2)7-19(9)13-4-3-12(14(15,16)17)5-11(13)6-18/h3-5,9-10H,6-8,18H2,1-2H3. The molecule has 1 aromatic carbocycles. The van der Waals surface area contributed by atoms with E-state index in [0.717, 1.165) is 17.8 Å². The number of benzene rings is 1. The second kappa shape index (κ2) is 5.61. The molecule has 0 amide bonds. The van der Waals surface area contributed by atoms with Crippen LogP contribution in [-0.4, -0.2) is 25.3 Å². The molecule has 1 heterocycles. The number of rotatable bonds is 2. The van der Waals surface area contributed by atoms with E-state index in [1.54, 1.807) is 0 Å². The third kappa shape index (κ3) is 3.07. The van der Waals surface area contributed by atoms with Crippen molar-refractivity contribution in [1.82, 2.24) is 0 Å². The predicted molar refractivity (Wildman–Crippen MR) is 71.6 cm³/mol. The Kier molecular flexibility index (Phi) is 4.25. The molecule has 2 atom stereocenters. The zero-order valence-corrected chi connectivity index (χ0v) is 11.6. The Labute approximate surface area is 116 Å². The molecular weight excluding hydrogens is 269 g/mol. The molecule has 1 aliphatic heterocycles. The van der Waals surface area contributed by atoms with Crippen molar-refractivity contribution < 1.29 is 17.9 Å². The van der Waals surface area contributed by atoms with Crippen molar-refractivity contribution in [3.63, 3.8) is 0 Å². The van der Waals surface area contributed by atoms with E-state index < -0.39 is 11.7 Å². The number of nitrogens with two attached hydrogens (primary N) is 1. The largest absolute Gasteiger partial charge is 0.416 e. The minimum absolute atomic E-state index is 0.0547. The van der Waals surface area contributed by atoms with Crippen LogP contribution in [0.2, 0.25) is 0 Å². The molecule has 2 N–H and O–H groups in total. The minimum atomic E-state index is -4.34. The molecule has 1 fully saturated rings. The molecule has 20 heavy (non-hydrogen) atoms. The highest BCUT2D eigenvalue weighted by molar-refractivity contribution is 5.56. The zero-order valence-electron chi connectivity index (χ0n) is 11.6. The van der Waals surface area contributed by atoms with Crippen LogP contribution in [0, 0.1) is 0 Å². The molecule has 2 rings (SSSR count). The first kappa shape index (κ1) is 15.1. The van der Waals surface area contributed by atoms with Crippen molar-refractivity contribution in [3.05, 3.63) is 29.3 Å². The van der Waals surface area contributed by atoms with E-state index in [4.69, 9.17) is 10.5 Å². The number of hydrogen-bond acceptors (Lipinski definition) is 3. The van der Waals surface area contributed by atoms with Gasteiger partial charge in [0.25, 0.3) is 0 Å². The van der Waals surface area contributed by atoms with Crippen LogP contribution in [0.3, 0.4) is 0 Å². The molecule has 1 aliphatic rings. The Hall–Kier alpha value is -1.27. The van der Waals surface area contributed by atoms with Gasteiger partial charge in [-0.2, -0.15) is 13.2 Å². The zero-order chi connectivity index (χ0) is 14.9. The van der Waals surface area contributed by atoms with Gasteiger partial charge in [0.1, 0.15) is 0 Å². The van der Waals surface area contributed by atoms with E-state index in [0.29, 0.717) is 18.7 Å². The topological polar surface area (TPSA) is 38.5 Å². The number of ether oxygens (including phenoxy) is 1. The summed E-state index contributed by atoms with van der Waals surface area (Å²) in [6.07, 6.45) is -4.29. The molecule has 0 aromatic heterocycles. The van der Waals surface area contributed by atoms with Gasteiger partial charge in [0, 0.05) is 24.8 Å². The lowest BCUT2D eigenvalue weighted by Gasteiger charge is -2.39. The molecule has 0 saturated carbocycles. The highest BCUT2D eigenvalue weighted by atomic mass is 19.4. The van der Waals surface area contributed by atoms with E-state index >= 15 is 0 Å². The van der Waals surface area contributed by atoms with Gasteiger partial charge < -0.3 is 15.4 Å². The molecule has 0 spiro atoms. The van der Waals surface area contributed by atoms with Gasteiger partial charge in [-0.05, 0) is 37.6 Å². The van der Waals surface area contributed by atoms with E-state index in [1.165, 1.54) is 6.07 Å². The molecule has 1 saturated heterocycles. The summed E-state index contributed by atoms with van der Waals surface area (Å²) >= 11 is 0. The second-order valence-electron chi connectivity index (χ2n) is 5.19. The van der Waals surface area contributed by atoms with Crippen molar-refractivity contribution in [3.8, 4) is 0 Å². The van der Waals surface area contributed by atoms with E-state index in [-0.39, 0.29) is 18.7 Å². The lowest BCUT2D eigenvalue weighted by molar-refractivity contribution is -0.137. The fourth-order valence-corrected chi connectivity index (χ4v) is 2.44. The van der Waals surface area contributed by atoms with E-state index in [9.17, 15) is 13.2 Å². The highest BCUT2D eigenvalue weighted by Crippen LogP contribution is 2.34. The molecule has 2 unspecified atom stereocenters. The van der Waals surface area contributed by atoms with Crippen LogP contribution in [0.1, 0.15) is 25.0 Å². The number of halogens is 3. The number of nitrogens with zero attached hydrogens (tertiary/aromatic N) is 1. The summed E-state index contributed by atoms with van der Waals surface area (Å²) in [7, 11) is 0. The van der Waals surface area contributed by atoms with Crippen LogP contribution in [0.4, 0.5) is 18.9 Å². The average Bonchev–Trinajstić information content (AvgIpc) is 2.40. The summed E-state index contributed by atoms with van der Waals surface area (Å²) in [5.74, 6) is 0. The monoisotopic (exact) mass is 288 g/mol. The van der Waals surface area contributed by atoms with E-state index in [1.807, 2.05) is 13.8 Å². The average molecular weight is 288 g/mol. The summed E-state index contributed by atoms with van der Waals surface area (Å²) in [5.41, 5.74) is 6.25. The lowest BCUT2D eigenvalue weighted by Crippen LogP contribution is -2.47. The summed E-state index contributed by atoms with van der Waals surface area (Å²) in [4.78, 5) is 2.07. The maximum atomic E-state index is 12.7. The fourth-order valence-electron chi connectivity index (χ4n) is 2.44. The molecule has 0 aliphatic carbocycles. The summed E-state index contributed by atoms with van der Waals surface area (Å²) in [6.45, 7) is 5.23. The van der Waals surface area contributed by atoms with Crippen LogP contribution in [0.5, 0.6) is 0 Å². The minimum Gasteiger partial charge on any atom is -0.375 e. The van der Waals surface area contributed by atoms with Crippen LogP contribution in [-0.2, 0) is 17.5 Å². The van der Waals surface area contributed by atoms with Crippen LogP contribution in [0.15, 0.2) is 18.2 Å². The van der Waals surface area contributed by atoms with E-state index in [2.05, 4.69) is 4.90 Å². The Morgan fingerprint density at radius 2 is 2.05 bits per heavy atom. The summed E-state index contributed by atoms with van der Waals surface area (Å²) in [5, 5.41) is 0. The Balaban J connectivity index is 2.36. The molecule has 0 radical (unpaired) electrons. The van der Waals surface area contributed by atoms with Gasteiger partial charge in [-0.25, -0.2) is 0 Å². The van der Waals surface area contributed by atoms with Crippen LogP contribution < -0.4 is 10.6 Å². The van der Waals surface area contributed by atoms with Crippen molar-refractivity contribution >= 4 is 5.69 Å². The molecule has 112 valence electrons. The first-order valence-electron chi connectivity index (χ1n) is 6.61. The van der Waals surface area contributed by atoms with Gasteiger partial charge in [-0.15, -0.1) is 0 Å². The van der Waals surface area contributed by atoms with Crippen molar-refractivity contribution in [2.75, 3.05) is 18.1 Å². The third-order valence-corrected chi connectivity index (χ3v) is 3.54. The second-order valence-corrected chi connectivity index (χ2v) is 5.19. The number of hydrogen-bond donors (Lipinski definition) is 1. The van der Waals surface area contributed by atoms with Crippen molar-refractivity contribution in [2.45, 2.75) is 38.7 Å². The van der Waals surface area contributed by atoms with Crippen LogP contribution >= 0.6 is 0 Å². The number of anilines is 1. The predicted octanol–water partition coefficient (Wildman–Crippen LogP) is 2.78. The van der Waals surface area contributed by atoms with Crippen LogP contribution in [0.25, 0.3) is 0 Å². The Morgan fingerprint density at radius 3 is 2.65 bits per heavy atom. The SMILES string of the molecule is CC1CN(c2ccc(C(F)(F)F)cc2CN)C(C)CO1. The van der Waals surface area contributed by atoms with Crippen molar-refractivity contribution in [2.24, 2.45) is 5.73 Å². The van der Waals surface area contributed by atoms with Crippen molar-refractivity contribution in [1.29, 1.82) is 0 Å². The third-order valence-electron chi connectivity index (χ3n) is 3.54. The maximum Gasteiger partial charge on any atom is 0.416 e. The summed E-state index contributed by atoms with van der Waals surface area (Å²) < 4.78 is 43.8.